The minimum atomic E-state index is -3.99. The van der Waals surface area contributed by atoms with E-state index >= 15 is 0 Å². The van der Waals surface area contributed by atoms with Crippen LogP contribution in [-0.2, 0) is 15.8 Å². The van der Waals surface area contributed by atoms with Gasteiger partial charge in [0, 0.05) is 0 Å². The summed E-state index contributed by atoms with van der Waals surface area (Å²) in [6.45, 7) is 0. The van der Waals surface area contributed by atoms with Gasteiger partial charge in [0.1, 0.15) is 11.3 Å². The van der Waals surface area contributed by atoms with Gasteiger partial charge >= 0.3 is 6.01 Å². The summed E-state index contributed by atoms with van der Waals surface area (Å²) in [5, 5.41) is -0.0141. The summed E-state index contributed by atoms with van der Waals surface area (Å²) >= 11 is 6.17. The highest BCUT2D eigenvalue weighted by Crippen LogP contribution is 2.31. The normalized spacial score (nSPS) is 10.9. The molecule has 1 N–H and O–H groups in total. The fraction of sp³-hybridized carbons (Fsp3) is 0.150. The highest BCUT2D eigenvalue weighted by Gasteiger charge is 2.23. The molecule has 0 radical (unpaired) electrons. The molecular formula is C20H18ClN3O6S. The molecule has 2 aromatic carbocycles. The van der Waals surface area contributed by atoms with Crippen LogP contribution in [0.1, 0.15) is 15.9 Å². The zero-order valence-electron chi connectivity index (χ0n) is 16.5. The second-order valence-electron chi connectivity index (χ2n) is 6.13. The van der Waals surface area contributed by atoms with E-state index in [-0.39, 0.29) is 39.9 Å². The number of nitrogens with zero attached hydrogens (tertiary/aromatic N) is 2. The summed E-state index contributed by atoms with van der Waals surface area (Å²) in [5.41, 5.74) is 0.335. The largest absolute Gasteiger partial charge is 0.481 e. The van der Waals surface area contributed by atoms with Crippen LogP contribution in [0.15, 0.2) is 54.6 Å². The Kier molecular flexibility index (Phi) is 6.93. The van der Waals surface area contributed by atoms with E-state index in [4.69, 9.17) is 25.8 Å². The SMILES string of the molecule is COc1cc(OC)nc(Oc2cccc(Cl)c2C(=O)NS(=O)(=O)Cc2ccccc2)n1. The number of aromatic nitrogens is 2. The van der Waals surface area contributed by atoms with Gasteiger partial charge in [0.25, 0.3) is 5.91 Å². The lowest BCUT2D eigenvalue weighted by Gasteiger charge is -2.13. The van der Waals surface area contributed by atoms with Crippen molar-refractivity contribution in [2.24, 2.45) is 0 Å². The van der Waals surface area contributed by atoms with Crippen molar-refractivity contribution >= 4 is 27.5 Å². The smallest absolute Gasteiger partial charge is 0.328 e. The lowest BCUT2D eigenvalue weighted by Crippen LogP contribution is -2.32. The first-order valence-electron chi connectivity index (χ1n) is 8.83. The van der Waals surface area contributed by atoms with Crippen molar-refractivity contribution in [1.82, 2.24) is 14.7 Å². The van der Waals surface area contributed by atoms with Crippen molar-refractivity contribution < 1.29 is 27.4 Å². The summed E-state index contributed by atoms with van der Waals surface area (Å²) in [6, 6.07) is 14.1. The molecule has 31 heavy (non-hydrogen) atoms. The van der Waals surface area contributed by atoms with Gasteiger partial charge in [-0.15, -0.1) is 0 Å². The molecule has 162 valence electrons. The third-order valence-electron chi connectivity index (χ3n) is 3.93. The fourth-order valence-corrected chi connectivity index (χ4v) is 3.91. The van der Waals surface area contributed by atoms with Gasteiger partial charge in [-0.3, -0.25) is 4.79 Å². The second-order valence-corrected chi connectivity index (χ2v) is 8.26. The molecule has 1 heterocycles. The Hall–Kier alpha value is -3.37. The van der Waals surface area contributed by atoms with E-state index in [1.165, 1.54) is 38.5 Å². The lowest BCUT2D eigenvalue weighted by atomic mass is 10.2. The molecule has 0 saturated heterocycles. The Morgan fingerprint density at radius 1 is 1.00 bits per heavy atom. The Morgan fingerprint density at radius 2 is 1.65 bits per heavy atom. The first kappa shape index (κ1) is 22.3. The third kappa shape index (κ3) is 5.83. The molecule has 0 unspecified atom stereocenters. The van der Waals surface area contributed by atoms with Crippen LogP contribution in [0.2, 0.25) is 5.02 Å². The van der Waals surface area contributed by atoms with Crippen LogP contribution in [0, 0.1) is 0 Å². The van der Waals surface area contributed by atoms with Crippen LogP contribution in [-0.4, -0.2) is 38.5 Å². The second kappa shape index (κ2) is 9.63. The number of amides is 1. The van der Waals surface area contributed by atoms with Gasteiger partial charge in [-0.1, -0.05) is 48.0 Å². The first-order valence-corrected chi connectivity index (χ1v) is 10.9. The zero-order valence-corrected chi connectivity index (χ0v) is 18.1. The minimum absolute atomic E-state index is 0.0141. The summed E-state index contributed by atoms with van der Waals surface area (Å²) in [7, 11) is -1.19. The molecule has 0 atom stereocenters. The monoisotopic (exact) mass is 463 g/mol. The molecule has 0 aliphatic carbocycles. The molecule has 0 spiro atoms. The van der Waals surface area contributed by atoms with E-state index in [0.29, 0.717) is 5.56 Å². The molecule has 0 bridgehead atoms. The summed E-state index contributed by atoms with van der Waals surface area (Å²) in [6.07, 6.45) is 0. The summed E-state index contributed by atoms with van der Waals surface area (Å²) < 4.78 is 42.7. The Morgan fingerprint density at radius 3 is 2.26 bits per heavy atom. The highest BCUT2D eigenvalue weighted by molar-refractivity contribution is 7.89. The summed E-state index contributed by atoms with van der Waals surface area (Å²) in [4.78, 5) is 20.8. The standard InChI is InChI=1S/C20H18ClN3O6S/c1-28-16-11-17(29-2)23-20(22-16)30-15-10-6-9-14(21)18(15)19(25)24-31(26,27)12-13-7-4-3-5-8-13/h3-11H,12H2,1-2H3,(H,24,25). The van der Waals surface area contributed by atoms with Crippen molar-refractivity contribution in [2.45, 2.75) is 5.75 Å². The quantitative estimate of drug-likeness (QED) is 0.541. The van der Waals surface area contributed by atoms with Crippen LogP contribution in [0.25, 0.3) is 0 Å². The first-order chi connectivity index (χ1) is 14.8. The number of ether oxygens (including phenoxy) is 3. The van der Waals surface area contributed by atoms with E-state index in [0.717, 1.165) is 0 Å². The van der Waals surface area contributed by atoms with Crippen LogP contribution in [0.4, 0.5) is 0 Å². The lowest BCUT2D eigenvalue weighted by molar-refractivity contribution is 0.0979. The minimum Gasteiger partial charge on any atom is -0.481 e. The van der Waals surface area contributed by atoms with E-state index in [2.05, 4.69) is 9.97 Å². The maximum absolute atomic E-state index is 12.8. The van der Waals surface area contributed by atoms with Gasteiger partial charge in [-0.2, -0.15) is 9.97 Å². The van der Waals surface area contributed by atoms with E-state index in [1.807, 2.05) is 4.72 Å². The molecule has 11 heteroatoms. The molecule has 3 aromatic rings. The van der Waals surface area contributed by atoms with Crippen LogP contribution < -0.4 is 18.9 Å². The molecule has 1 amide bonds. The zero-order chi connectivity index (χ0) is 22.4. The molecule has 0 aliphatic rings. The van der Waals surface area contributed by atoms with Gasteiger partial charge in [-0.05, 0) is 17.7 Å². The number of carbonyl (C=O) groups excluding carboxylic acids is 1. The van der Waals surface area contributed by atoms with Crippen LogP contribution >= 0.6 is 11.6 Å². The van der Waals surface area contributed by atoms with Crippen molar-refractivity contribution in [1.29, 1.82) is 0 Å². The fourth-order valence-electron chi connectivity index (χ4n) is 2.57. The average molecular weight is 464 g/mol. The summed E-state index contributed by atoms with van der Waals surface area (Å²) in [5.74, 6) is -1.04. The van der Waals surface area contributed by atoms with Gasteiger partial charge in [-0.25, -0.2) is 13.1 Å². The number of benzene rings is 2. The van der Waals surface area contributed by atoms with E-state index in [1.54, 1.807) is 30.3 Å². The average Bonchev–Trinajstić information content (AvgIpc) is 2.73. The molecular weight excluding hydrogens is 446 g/mol. The van der Waals surface area contributed by atoms with Crippen molar-refractivity contribution in [2.75, 3.05) is 14.2 Å². The van der Waals surface area contributed by atoms with Crippen molar-refractivity contribution in [3.8, 4) is 23.5 Å². The molecule has 0 aliphatic heterocycles. The van der Waals surface area contributed by atoms with Gasteiger partial charge in [0.15, 0.2) is 0 Å². The van der Waals surface area contributed by atoms with E-state index in [9.17, 15) is 13.2 Å². The van der Waals surface area contributed by atoms with Crippen molar-refractivity contribution in [3.63, 3.8) is 0 Å². The topological polar surface area (TPSA) is 117 Å². The molecule has 9 nitrogen and oxygen atoms in total. The number of methoxy groups -OCH3 is 2. The van der Waals surface area contributed by atoms with Crippen molar-refractivity contribution in [3.05, 3.63) is 70.7 Å². The maximum atomic E-state index is 12.8. The number of rotatable bonds is 8. The Labute approximate surface area is 184 Å². The molecule has 3 rings (SSSR count). The van der Waals surface area contributed by atoms with Gasteiger partial charge in [0.2, 0.25) is 21.8 Å². The Bertz CT molecular complexity index is 1170. The van der Waals surface area contributed by atoms with Gasteiger partial charge < -0.3 is 14.2 Å². The van der Waals surface area contributed by atoms with Gasteiger partial charge in [0.05, 0.1) is 31.1 Å². The number of sulfonamides is 1. The molecule has 1 aromatic heterocycles. The molecule has 0 saturated carbocycles. The predicted octanol–water partition coefficient (Wildman–Crippen LogP) is 3.20. The number of nitrogens with one attached hydrogen (secondary N) is 1. The maximum Gasteiger partial charge on any atom is 0.328 e. The van der Waals surface area contributed by atoms with Crippen LogP contribution in [0.3, 0.4) is 0 Å². The molecule has 0 fully saturated rings. The number of hydrogen-bond acceptors (Lipinski definition) is 8. The van der Waals surface area contributed by atoms with Crippen LogP contribution in [0.5, 0.6) is 23.5 Å². The number of carbonyl (C=O) groups is 1. The predicted molar refractivity (Wildman–Crippen MR) is 113 cm³/mol. The number of hydrogen-bond donors (Lipinski definition) is 1. The Balaban J connectivity index is 1.88. The van der Waals surface area contributed by atoms with E-state index < -0.39 is 15.9 Å². The third-order valence-corrected chi connectivity index (χ3v) is 5.45. The highest BCUT2D eigenvalue weighted by atomic mass is 35.5. The number of halogens is 1.